The van der Waals surface area contributed by atoms with Crippen LogP contribution < -0.4 is 10.1 Å². The molecule has 1 aromatic heterocycles. The van der Waals surface area contributed by atoms with Crippen molar-refractivity contribution in [3.05, 3.63) is 51.7 Å². The zero-order valence-corrected chi connectivity index (χ0v) is 13.8. The number of carboxylic acid groups (broad SMARTS) is 1. The van der Waals surface area contributed by atoms with E-state index >= 15 is 0 Å². The van der Waals surface area contributed by atoms with Crippen LogP contribution in [-0.2, 0) is 4.74 Å². The molecule has 1 aliphatic rings. The highest BCUT2D eigenvalue weighted by Gasteiger charge is 2.32. The molecule has 1 fully saturated rings. The standard InChI is InChI=1S/C17H17NO5S/c1-10-12(7-15(24-10)17(20)21)16(19)18-13-8-22-9-14(13)23-11-5-3-2-4-6-11/h2-7,13-14H,8-9H2,1H3,(H,18,19)(H,20,21)/t13-,14+/m1/s1. The molecule has 1 amide bonds. The van der Waals surface area contributed by atoms with Crippen molar-refractivity contribution in [2.45, 2.75) is 19.1 Å². The molecular formula is C17H17NO5S. The average Bonchev–Trinajstić information content (AvgIpc) is 3.15. The Hall–Kier alpha value is -2.38. The van der Waals surface area contributed by atoms with Crippen LogP contribution in [0.5, 0.6) is 5.75 Å². The Morgan fingerprint density at radius 2 is 2.04 bits per heavy atom. The lowest BCUT2D eigenvalue weighted by molar-refractivity contribution is 0.0702. The van der Waals surface area contributed by atoms with E-state index in [0.29, 0.717) is 29.4 Å². The smallest absolute Gasteiger partial charge is 0.345 e. The fraction of sp³-hybridized carbons (Fsp3) is 0.294. The summed E-state index contributed by atoms with van der Waals surface area (Å²) in [6.45, 7) is 2.48. The molecule has 0 radical (unpaired) electrons. The van der Waals surface area contributed by atoms with E-state index in [4.69, 9.17) is 14.6 Å². The van der Waals surface area contributed by atoms with Crippen molar-refractivity contribution in [2.24, 2.45) is 0 Å². The van der Waals surface area contributed by atoms with Crippen LogP contribution in [0.4, 0.5) is 0 Å². The monoisotopic (exact) mass is 347 g/mol. The molecule has 1 saturated heterocycles. The van der Waals surface area contributed by atoms with E-state index in [0.717, 1.165) is 11.3 Å². The van der Waals surface area contributed by atoms with Gasteiger partial charge in [0.2, 0.25) is 0 Å². The summed E-state index contributed by atoms with van der Waals surface area (Å²) in [6.07, 6.45) is -0.283. The molecule has 0 aliphatic carbocycles. The molecule has 1 aromatic carbocycles. The molecule has 6 nitrogen and oxygen atoms in total. The maximum Gasteiger partial charge on any atom is 0.345 e. The number of nitrogens with one attached hydrogen (secondary N) is 1. The second-order valence-corrected chi connectivity index (χ2v) is 6.73. The van der Waals surface area contributed by atoms with Gasteiger partial charge in [0.15, 0.2) is 0 Å². The molecule has 126 valence electrons. The Morgan fingerprint density at radius 3 is 2.71 bits per heavy atom. The van der Waals surface area contributed by atoms with E-state index in [1.165, 1.54) is 6.07 Å². The molecule has 2 N–H and O–H groups in total. The predicted octanol–water partition coefficient (Wildman–Crippen LogP) is 2.33. The number of carbonyl (C=O) groups excluding carboxylic acids is 1. The first kappa shape index (κ1) is 16.5. The molecule has 0 saturated carbocycles. The minimum absolute atomic E-state index is 0.150. The molecule has 0 bridgehead atoms. The summed E-state index contributed by atoms with van der Waals surface area (Å²) in [4.78, 5) is 24.3. The van der Waals surface area contributed by atoms with Gasteiger partial charge in [-0.15, -0.1) is 11.3 Å². The fourth-order valence-corrected chi connectivity index (χ4v) is 3.37. The van der Waals surface area contributed by atoms with Crippen LogP contribution in [0.25, 0.3) is 0 Å². The van der Waals surface area contributed by atoms with Gasteiger partial charge >= 0.3 is 5.97 Å². The highest BCUT2D eigenvalue weighted by atomic mass is 32.1. The van der Waals surface area contributed by atoms with Crippen LogP contribution in [0.1, 0.15) is 24.9 Å². The van der Waals surface area contributed by atoms with Crippen LogP contribution in [0.15, 0.2) is 36.4 Å². The highest BCUT2D eigenvalue weighted by molar-refractivity contribution is 7.14. The number of hydrogen-bond acceptors (Lipinski definition) is 5. The number of ether oxygens (including phenoxy) is 2. The molecule has 24 heavy (non-hydrogen) atoms. The van der Waals surface area contributed by atoms with Crippen molar-refractivity contribution in [3.8, 4) is 5.75 Å². The number of aryl methyl sites for hydroxylation is 1. The average molecular weight is 347 g/mol. The van der Waals surface area contributed by atoms with E-state index in [1.807, 2.05) is 30.3 Å². The van der Waals surface area contributed by atoms with Crippen molar-refractivity contribution in [1.82, 2.24) is 5.32 Å². The number of rotatable bonds is 5. The Kier molecular flexibility index (Phi) is 4.82. The number of carbonyl (C=O) groups is 2. The summed E-state index contributed by atoms with van der Waals surface area (Å²) in [5.74, 6) is -0.628. The molecular weight excluding hydrogens is 330 g/mol. The van der Waals surface area contributed by atoms with E-state index in [2.05, 4.69) is 5.32 Å². The quantitative estimate of drug-likeness (QED) is 0.867. The van der Waals surface area contributed by atoms with Gasteiger partial charge < -0.3 is 19.9 Å². The Morgan fingerprint density at radius 1 is 1.29 bits per heavy atom. The first-order valence-corrected chi connectivity index (χ1v) is 8.30. The lowest BCUT2D eigenvalue weighted by Crippen LogP contribution is -2.45. The number of thiophene rings is 1. The number of aromatic carboxylic acids is 1. The molecule has 2 heterocycles. The van der Waals surface area contributed by atoms with E-state index in [9.17, 15) is 9.59 Å². The van der Waals surface area contributed by atoms with Crippen molar-refractivity contribution >= 4 is 23.2 Å². The van der Waals surface area contributed by atoms with Crippen LogP contribution in [0.2, 0.25) is 0 Å². The van der Waals surface area contributed by atoms with Crippen molar-refractivity contribution < 1.29 is 24.2 Å². The summed E-state index contributed by atoms with van der Waals surface area (Å²) in [6, 6.07) is 10.5. The van der Waals surface area contributed by atoms with Gasteiger partial charge in [0, 0.05) is 4.88 Å². The van der Waals surface area contributed by atoms with Crippen LogP contribution in [0.3, 0.4) is 0 Å². The third-order valence-corrected chi connectivity index (χ3v) is 4.79. The van der Waals surface area contributed by atoms with Crippen LogP contribution in [0, 0.1) is 6.92 Å². The zero-order chi connectivity index (χ0) is 17.1. The van der Waals surface area contributed by atoms with Gasteiger partial charge in [0.25, 0.3) is 5.91 Å². The minimum atomic E-state index is -1.03. The second-order valence-electron chi connectivity index (χ2n) is 5.47. The topological polar surface area (TPSA) is 84.9 Å². The summed E-state index contributed by atoms with van der Waals surface area (Å²) < 4.78 is 11.3. The molecule has 1 aliphatic heterocycles. The Labute approximate surface area is 143 Å². The first-order valence-electron chi connectivity index (χ1n) is 7.48. The predicted molar refractivity (Wildman–Crippen MR) is 88.9 cm³/mol. The molecule has 7 heteroatoms. The maximum atomic E-state index is 12.4. The number of para-hydroxylation sites is 1. The van der Waals surface area contributed by atoms with Gasteiger partial charge in [-0.2, -0.15) is 0 Å². The summed E-state index contributed by atoms with van der Waals surface area (Å²) in [5.41, 5.74) is 0.378. The highest BCUT2D eigenvalue weighted by Crippen LogP contribution is 2.22. The van der Waals surface area contributed by atoms with Gasteiger partial charge in [0.1, 0.15) is 16.7 Å². The molecule has 0 unspecified atom stereocenters. The summed E-state index contributed by atoms with van der Waals surface area (Å²) >= 11 is 1.09. The third-order valence-electron chi connectivity index (χ3n) is 3.75. The maximum absolute atomic E-state index is 12.4. The lowest BCUT2D eigenvalue weighted by Gasteiger charge is -2.20. The summed E-state index contributed by atoms with van der Waals surface area (Å²) in [5, 5.41) is 11.9. The van der Waals surface area contributed by atoms with Gasteiger partial charge in [-0.1, -0.05) is 18.2 Å². The second kappa shape index (κ2) is 7.02. The molecule has 3 rings (SSSR count). The van der Waals surface area contributed by atoms with E-state index < -0.39 is 5.97 Å². The number of carboxylic acids is 1. The zero-order valence-electron chi connectivity index (χ0n) is 13.0. The number of benzene rings is 1. The largest absolute Gasteiger partial charge is 0.486 e. The van der Waals surface area contributed by atoms with E-state index in [1.54, 1.807) is 6.92 Å². The van der Waals surface area contributed by atoms with Gasteiger partial charge in [-0.3, -0.25) is 4.79 Å². The van der Waals surface area contributed by atoms with Crippen LogP contribution in [-0.4, -0.2) is 42.3 Å². The van der Waals surface area contributed by atoms with Crippen molar-refractivity contribution in [1.29, 1.82) is 0 Å². The van der Waals surface area contributed by atoms with Crippen molar-refractivity contribution in [3.63, 3.8) is 0 Å². The van der Waals surface area contributed by atoms with Gasteiger partial charge in [-0.05, 0) is 25.1 Å². The first-order chi connectivity index (χ1) is 11.5. The number of hydrogen-bond donors (Lipinski definition) is 2. The van der Waals surface area contributed by atoms with Gasteiger partial charge in [-0.25, -0.2) is 4.79 Å². The fourth-order valence-electron chi connectivity index (χ4n) is 2.52. The van der Waals surface area contributed by atoms with Crippen molar-refractivity contribution in [2.75, 3.05) is 13.2 Å². The van der Waals surface area contributed by atoms with Gasteiger partial charge in [0.05, 0.1) is 24.8 Å². The Bertz CT molecular complexity index is 743. The minimum Gasteiger partial charge on any atom is -0.486 e. The molecule has 0 spiro atoms. The molecule has 2 atom stereocenters. The third kappa shape index (κ3) is 3.58. The summed E-state index contributed by atoms with van der Waals surface area (Å²) in [7, 11) is 0. The SMILES string of the molecule is Cc1sc(C(=O)O)cc1C(=O)N[C@@H]1COC[C@@H]1Oc1ccccc1. The lowest BCUT2D eigenvalue weighted by atomic mass is 10.1. The van der Waals surface area contributed by atoms with Crippen LogP contribution >= 0.6 is 11.3 Å². The molecule has 2 aromatic rings. The Balaban J connectivity index is 1.68. The van der Waals surface area contributed by atoms with E-state index in [-0.39, 0.29) is 22.9 Å². The normalized spacial score (nSPS) is 19.9. The number of amides is 1.